The fraction of sp³-hybridized carbons (Fsp3) is 0.462. The van der Waals surface area contributed by atoms with E-state index in [1.165, 1.54) is 10.6 Å². The van der Waals surface area contributed by atoms with Gasteiger partial charge in [-0.3, -0.25) is 4.90 Å². The van der Waals surface area contributed by atoms with Gasteiger partial charge >= 0.3 is 0 Å². The Morgan fingerprint density at radius 1 is 1.13 bits per heavy atom. The van der Waals surface area contributed by atoms with Crippen molar-refractivity contribution in [3.63, 3.8) is 0 Å². The summed E-state index contributed by atoms with van der Waals surface area (Å²) in [6.07, 6.45) is 3.61. The quantitative estimate of drug-likeness (QED) is 0.343. The Balaban J connectivity index is 1.02. The SMILES string of the molecule is CN(CCN1CCN(c2ccc(OC3CCNCC3)cc2F)CC1)c1nc(N)n2nc(-c3ccco3)nc2n1. The number of benzene rings is 1. The molecule has 206 valence electrons. The predicted octanol–water partition coefficient (Wildman–Crippen LogP) is 1.89. The number of piperidine rings is 1. The molecule has 5 heterocycles. The molecule has 39 heavy (non-hydrogen) atoms. The first-order valence-electron chi connectivity index (χ1n) is 13.3. The first kappa shape index (κ1) is 25.3. The highest BCUT2D eigenvalue weighted by molar-refractivity contribution is 5.53. The molecule has 0 bridgehead atoms. The van der Waals surface area contributed by atoms with Crippen molar-refractivity contribution in [2.24, 2.45) is 0 Å². The van der Waals surface area contributed by atoms with Crippen LogP contribution >= 0.6 is 0 Å². The molecule has 13 heteroatoms. The zero-order chi connectivity index (χ0) is 26.8. The van der Waals surface area contributed by atoms with Crippen LogP contribution in [0, 0.1) is 5.82 Å². The Morgan fingerprint density at radius 2 is 1.95 bits per heavy atom. The molecule has 3 N–H and O–H groups in total. The molecular weight excluding hydrogens is 503 g/mol. The number of halogens is 1. The molecule has 4 aromatic rings. The van der Waals surface area contributed by atoms with Crippen LogP contribution in [0.2, 0.25) is 0 Å². The second kappa shape index (κ2) is 11.0. The Labute approximate surface area is 225 Å². The molecule has 12 nitrogen and oxygen atoms in total. The van der Waals surface area contributed by atoms with Crippen LogP contribution in [0.3, 0.4) is 0 Å². The number of nitrogen functional groups attached to an aromatic ring is 1. The lowest BCUT2D eigenvalue weighted by Crippen LogP contribution is -2.48. The van der Waals surface area contributed by atoms with Gasteiger partial charge < -0.3 is 30.0 Å². The summed E-state index contributed by atoms with van der Waals surface area (Å²) < 4.78 is 27.7. The minimum atomic E-state index is -0.233. The molecule has 1 aromatic carbocycles. The number of furan rings is 1. The van der Waals surface area contributed by atoms with E-state index in [1.807, 2.05) is 24.1 Å². The van der Waals surface area contributed by atoms with E-state index in [2.05, 4.69) is 35.2 Å². The van der Waals surface area contributed by atoms with Crippen molar-refractivity contribution >= 4 is 23.4 Å². The van der Waals surface area contributed by atoms with E-state index in [4.69, 9.17) is 14.9 Å². The fourth-order valence-corrected chi connectivity index (χ4v) is 5.00. The lowest BCUT2D eigenvalue weighted by atomic mass is 10.1. The monoisotopic (exact) mass is 536 g/mol. The van der Waals surface area contributed by atoms with E-state index < -0.39 is 0 Å². The van der Waals surface area contributed by atoms with Crippen molar-refractivity contribution in [2.45, 2.75) is 18.9 Å². The third-order valence-corrected chi connectivity index (χ3v) is 7.28. The Bertz CT molecular complexity index is 1400. The largest absolute Gasteiger partial charge is 0.490 e. The number of likely N-dealkylation sites (N-methyl/N-ethyl adjacent to an activating group) is 1. The van der Waals surface area contributed by atoms with Crippen molar-refractivity contribution in [3.8, 4) is 17.3 Å². The van der Waals surface area contributed by atoms with E-state index in [0.717, 1.165) is 58.7 Å². The molecule has 0 saturated carbocycles. The third-order valence-electron chi connectivity index (χ3n) is 7.28. The number of nitrogens with two attached hydrogens (primary N) is 1. The van der Waals surface area contributed by atoms with Gasteiger partial charge in [0.1, 0.15) is 17.7 Å². The van der Waals surface area contributed by atoms with Gasteiger partial charge in [-0.05, 0) is 50.2 Å². The fourth-order valence-electron chi connectivity index (χ4n) is 5.00. The van der Waals surface area contributed by atoms with E-state index in [9.17, 15) is 4.39 Å². The Hall–Kier alpha value is -3.97. The van der Waals surface area contributed by atoms with Crippen molar-refractivity contribution in [1.82, 2.24) is 34.8 Å². The number of ether oxygens (including phenoxy) is 1. The number of aromatic nitrogens is 5. The molecule has 2 fully saturated rings. The van der Waals surface area contributed by atoms with Gasteiger partial charge in [0.25, 0.3) is 5.78 Å². The standard InChI is InChI=1S/C26H33FN10O2/c1-34(25-31-24(28)37-26(32-25)30-23(33-37)22-3-2-16-38-22)10-11-35-12-14-36(15-13-35)21-5-4-19(17-20(21)27)39-18-6-8-29-9-7-18/h2-5,16-18,29H,6-15H2,1H3,(H2,28,30,31,32,33). The second-order valence-electron chi connectivity index (χ2n) is 9.94. The molecule has 2 saturated heterocycles. The summed E-state index contributed by atoms with van der Waals surface area (Å²) in [5.41, 5.74) is 6.76. The lowest BCUT2D eigenvalue weighted by Gasteiger charge is -2.37. The van der Waals surface area contributed by atoms with Crippen molar-refractivity contribution in [1.29, 1.82) is 0 Å². The van der Waals surface area contributed by atoms with Crippen LogP contribution in [0.25, 0.3) is 17.4 Å². The summed E-state index contributed by atoms with van der Waals surface area (Å²) in [6, 6.07) is 8.80. The normalized spacial score (nSPS) is 17.1. The number of nitrogens with one attached hydrogen (secondary N) is 1. The molecule has 0 spiro atoms. The maximum absolute atomic E-state index is 15.0. The second-order valence-corrected chi connectivity index (χ2v) is 9.94. The molecule has 6 rings (SSSR count). The smallest absolute Gasteiger partial charge is 0.259 e. The van der Waals surface area contributed by atoms with E-state index in [-0.39, 0.29) is 17.9 Å². The molecule has 0 aliphatic carbocycles. The van der Waals surface area contributed by atoms with Gasteiger partial charge in [0.15, 0.2) is 5.76 Å². The molecule has 2 aliphatic rings. The van der Waals surface area contributed by atoms with Crippen molar-refractivity contribution in [2.75, 3.05) is 74.9 Å². The van der Waals surface area contributed by atoms with Crippen molar-refractivity contribution in [3.05, 3.63) is 42.4 Å². The molecule has 3 aromatic heterocycles. The van der Waals surface area contributed by atoms with Crippen LogP contribution in [0.5, 0.6) is 5.75 Å². The van der Waals surface area contributed by atoms with Crippen LogP contribution in [0.1, 0.15) is 12.8 Å². The number of hydrogen-bond acceptors (Lipinski definition) is 11. The number of anilines is 3. The van der Waals surface area contributed by atoms with Crippen LogP contribution in [-0.2, 0) is 0 Å². The van der Waals surface area contributed by atoms with E-state index in [1.54, 1.807) is 18.4 Å². The van der Waals surface area contributed by atoms with Crippen LogP contribution in [0.15, 0.2) is 41.0 Å². The molecule has 2 aliphatic heterocycles. The van der Waals surface area contributed by atoms with Gasteiger partial charge in [-0.1, -0.05) is 0 Å². The minimum absolute atomic E-state index is 0.150. The average Bonchev–Trinajstić information content (AvgIpc) is 3.63. The van der Waals surface area contributed by atoms with E-state index >= 15 is 0 Å². The Kier molecular flexibility index (Phi) is 7.16. The van der Waals surface area contributed by atoms with Gasteiger partial charge in [0, 0.05) is 52.4 Å². The summed E-state index contributed by atoms with van der Waals surface area (Å²) in [7, 11) is 1.92. The predicted molar refractivity (Wildman–Crippen MR) is 146 cm³/mol. The van der Waals surface area contributed by atoms with Gasteiger partial charge in [-0.2, -0.15) is 19.5 Å². The van der Waals surface area contributed by atoms with Gasteiger partial charge in [-0.15, -0.1) is 5.10 Å². The number of rotatable bonds is 8. The first-order valence-corrected chi connectivity index (χ1v) is 13.3. The molecule has 0 unspecified atom stereocenters. The zero-order valence-electron chi connectivity index (χ0n) is 22.0. The van der Waals surface area contributed by atoms with E-state index in [0.29, 0.717) is 41.3 Å². The first-order chi connectivity index (χ1) is 19.0. The lowest BCUT2D eigenvalue weighted by molar-refractivity contribution is 0.162. The molecule has 0 atom stereocenters. The highest BCUT2D eigenvalue weighted by Gasteiger charge is 2.22. The molecule has 0 radical (unpaired) electrons. The highest BCUT2D eigenvalue weighted by atomic mass is 19.1. The minimum Gasteiger partial charge on any atom is -0.490 e. The summed E-state index contributed by atoms with van der Waals surface area (Å²) in [5, 5.41) is 7.66. The summed E-state index contributed by atoms with van der Waals surface area (Å²) in [4.78, 5) is 19.8. The highest BCUT2D eigenvalue weighted by Crippen LogP contribution is 2.27. The maximum Gasteiger partial charge on any atom is 0.259 e. The number of hydrogen-bond donors (Lipinski definition) is 2. The average molecular weight is 537 g/mol. The number of nitrogens with zero attached hydrogens (tertiary/aromatic N) is 8. The number of piperazine rings is 1. The zero-order valence-corrected chi connectivity index (χ0v) is 22.0. The number of fused-ring (bicyclic) bond motifs is 1. The van der Waals surface area contributed by atoms with Crippen molar-refractivity contribution < 1.29 is 13.5 Å². The summed E-state index contributed by atoms with van der Waals surface area (Å²) in [6.45, 7) is 6.56. The summed E-state index contributed by atoms with van der Waals surface area (Å²) >= 11 is 0. The Morgan fingerprint density at radius 3 is 2.69 bits per heavy atom. The van der Waals surface area contributed by atoms with Crippen LogP contribution < -0.4 is 25.6 Å². The van der Waals surface area contributed by atoms with Gasteiger partial charge in [0.05, 0.1) is 12.0 Å². The van der Waals surface area contributed by atoms with Crippen LogP contribution in [-0.4, -0.2) is 95.0 Å². The summed E-state index contributed by atoms with van der Waals surface area (Å²) in [5.74, 6) is 2.35. The van der Waals surface area contributed by atoms with Gasteiger partial charge in [-0.25, -0.2) is 4.39 Å². The molecular formula is C26H33FN10O2. The third kappa shape index (κ3) is 5.59. The maximum atomic E-state index is 15.0. The van der Waals surface area contributed by atoms with Gasteiger partial charge in [0.2, 0.25) is 17.7 Å². The molecule has 0 amide bonds. The van der Waals surface area contributed by atoms with Crippen LogP contribution in [0.4, 0.5) is 22.0 Å². The topological polar surface area (TPSA) is 126 Å².